The van der Waals surface area contributed by atoms with Gasteiger partial charge in [-0.05, 0) is 50.3 Å². The summed E-state index contributed by atoms with van der Waals surface area (Å²) in [5, 5.41) is 11.3. The van der Waals surface area contributed by atoms with Crippen molar-refractivity contribution in [1.29, 1.82) is 0 Å². The minimum atomic E-state index is -0.129. The Morgan fingerprint density at radius 1 is 1.14 bits per heavy atom. The molecule has 1 aliphatic rings. The number of nitrogens with one attached hydrogen (secondary N) is 3. The smallest absolute Gasteiger partial charge is 0.315 e. The summed E-state index contributed by atoms with van der Waals surface area (Å²) in [7, 11) is 0. The average molecular weight is 415 g/mol. The van der Waals surface area contributed by atoms with Crippen molar-refractivity contribution in [2.75, 3.05) is 11.9 Å². The number of nitrogens with zero attached hydrogens (tertiary/aromatic N) is 1. The maximum Gasteiger partial charge on any atom is 0.315 e. The topological polar surface area (TPSA) is 83.1 Å². The Balaban J connectivity index is 1.37. The molecule has 1 aromatic heterocycles. The van der Waals surface area contributed by atoms with Crippen molar-refractivity contribution in [2.45, 2.75) is 64.8 Å². The number of amides is 3. The van der Waals surface area contributed by atoms with Gasteiger partial charge in [0.25, 0.3) is 0 Å². The van der Waals surface area contributed by atoms with Gasteiger partial charge < -0.3 is 16.0 Å². The lowest BCUT2D eigenvalue weighted by Crippen LogP contribution is -2.43. The molecule has 1 aromatic carbocycles. The molecule has 29 heavy (non-hydrogen) atoms. The molecular weight excluding hydrogens is 384 g/mol. The SMILES string of the molecule is Cc1ccc(-c2csc(NC(=O)CCCNC(=O)NC3CCCCC3)n2)cc1C. The van der Waals surface area contributed by atoms with Gasteiger partial charge in [-0.15, -0.1) is 11.3 Å². The van der Waals surface area contributed by atoms with Crippen molar-refractivity contribution in [2.24, 2.45) is 0 Å². The van der Waals surface area contributed by atoms with Crippen molar-refractivity contribution in [1.82, 2.24) is 15.6 Å². The third kappa shape index (κ3) is 6.56. The highest BCUT2D eigenvalue weighted by atomic mass is 32.1. The summed E-state index contributed by atoms with van der Waals surface area (Å²) >= 11 is 1.42. The zero-order chi connectivity index (χ0) is 20.6. The molecule has 3 N–H and O–H groups in total. The lowest BCUT2D eigenvalue weighted by molar-refractivity contribution is -0.116. The quantitative estimate of drug-likeness (QED) is 0.570. The van der Waals surface area contributed by atoms with E-state index < -0.39 is 0 Å². The lowest BCUT2D eigenvalue weighted by Gasteiger charge is -2.22. The molecule has 7 heteroatoms. The second-order valence-corrected chi connectivity index (χ2v) is 8.58. The van der Waals surface area contributed by atoms with Gasteiger partial charge in [0.05, 0.1) is 5.69 Å². The fourth-order valence-corrected chi connectivity index (χ4v) is 4.22. The summed E-state index contributed by atoms with van der Waals surface area (Å²) in [4.78, 5) is 28.6. The van der Waals surface area contributed by atoms with E-state index >= 15 is 0 Å². The standard InChI is InChI=1S/C22H30N4O2S/c1-15-10-11-17(13-16(15)2)19-14-29-22(25-19)26-20(27)9-6-12-23-21(28)24-18-7-4-3-5-8-18/h10-11,13-14,18H,3-9,12H2,1-2H3,(H2,23,24,28)(H,25,26,27). The van der Waals surface area contributed by atoms with E-state index in [0.717, 1.165) is 24.1 Å². The molecule has 3 amide bonds. The van der Waals surface area contributed by atoms with Crippen LogP contribution in [0.5, 0.6) is 0 Å². The van der Waals surface area contributed by atoms with Crippen LogP contribution in [0.1, 0.15) is 56.1 Å². The first-order chi connectivity index (χ1) is 14.0. The molecule has 2 aromatic rings. The lowest BCUT2D eigenvalue weighted by atomic mass is 9.96. The van der Waals surface area contributed by atoms with E-state index in [0.29, 0.717) is 30.6 Å². The number of hydrogen-bond donors (Lipinski definition) is 3. The van der Waals surface area contributed by atoms with E-state index in [-0.39, 0.29) is 11.9 Å². The summed E-state index contributed by atoms with van der Waals surface area (Å²) in [6.45, 7) is 4.65. The number of aryl methyl sites for hydroxylation is 2. The van der Waals surface area contributed by atoms with Gasteiger partial charge in [-0.2, -0.15) is 0 Å². The van der Waals surface area contributed by atoms with Crippen LogP contribution in [0, 0.1) is 13.8 Å². The fraction of sp³-hybridized carbons (Fsp3) is 0.500. The Kier molecular flexibility index (Phi) is 7.63. The fourth-order valence-electron chi connectivity index (χ4n) is 3.48. The number of carbonyl (C=O) groups is 2. The molecule has 1 fully saturated rings. The van der Waals surface area contributed by atoms with Gasteiger partial charge in [-0.1, -0.05) is 31.4 Å². The zero-order valence-electron chi connectivity index (χ0n) is 17.2. The minimum Gasteiger partial charge on any atom is -0.338 e. The minimum absolute atomic E-state index is 0.0829. The largest absolute Gasteiger partial charge is 0.338 e. The molecule has 1 saturated carbocycles. The summed E-state index contributed by atoms with van der Waals surface area (Å²) in [6.07, 6.45) is 6.71. The highest BCUT2D eigenvalue weighted by molar-refractivity contribution is 7.14. The van der Waals surface area contributed by atoms with E-state index in [1.807, 2.05) is 11.4 Å². The molecule has 0 bridgehead atoms. The molecule has 6 nitrogen and oxygen atoms in total. The molecule has 156 valence electrons. The average Bonchev–Trinajstić information content (AvgIpc) is 3.16. The normalized spacial score (nSPS) is 14.4. The molecule has 0 unspecified atom stereocenters. The van der Waals surface area contributed by atoms with Gasteiger partial charge in [0, 0.05) is 30.0 Å². The Labute approximate surface area is 176 Å². The molecule has 1 aliphatic carbocycles. The van der Waals surface area contributed by atoms with Crippen molar-refractivity contribution in [3.05, 3.63) is 34.7 Å². The molecule has 1 heterocycles. The highest BCUT2D eigenvalue weighted by Crippen LogP contribution is 2.26. The third-order valence-corrected chi connectivity index (χ3v) is 6.12. The molecule has 0 spiro atoms. The van der Waals surface area contributed by atoms with E-state index in [1.165, 1.54) is 41.7 Å². The van der Waals surface area contributed by atoms with Crippen LogP contribution in [0.2, 0.25) is 0 Å². The van der Waals surface area contributed by atoms with Crippen LogP contribution in [0.25, 0.3) is 11.3 Å². The third-order valence-electron chi connectivity index (χ3n) is 5.36. The molecule has 0 aliphatic heterocycles. The van der Waals surface area contributed by atoms with Gasteiger partial charge >= 0.3 is 6.03 Å². The number of benzene rings is 1. The Bertz CT molecular complexity index is 843. The van der Waals surface area contributed by atoms with Crippen LogP contribution in [0.4, 0.5) is 9.93 Å². The summed E-state index contributed by atoms with van der Waals surface area (Å²) < 4.78 is 0. The van der Waals surface area contributed by atoms with Crippen LogP contribution in [0.3, 0.4) is 0 Å². The van der Waals surface area contributed by atoms with Gasteiger partial charge in [-0.3, -0.25) is 4.79 Å². The van der Waals surface area contributed by atoms with E-state index in [1.54, 1.807) is 0 Å². The Morgan fingerprint density at radius 2 is 1.93 bits per heavy atom. The first-order valence-electron chi connectivity index (χ1n) is 10.4. The summed E-state index contributed by atoms with van der Waals surface area (Å²) in [5.41, 5.74) is 4.40. The molecule has 0 radical (unpaired) electrons. The number of carbonyl (C=O) groups excluding carboxylic acids is 2. The second-order valence-electron chi connectivity index (χ2n) is 7.72. The van der Waals surface area contributed by atoms with Crippen molar-refractivity contribution >= 4 is 28.4 Å². The predicted octanol–water partition coefficient (Wildman–Crippen LogP) is 4.78. The van der Waals surface area contributed by atoms with Gasteiger partial charge in [0.15, 0.2) is 5.13 Å². The molecule has 0 saturated heterocycles. The van der Waals surface area contributed by atoms with Gasteiger partial charge in [-0.25, -0.2) is 9.78 Å². The number of rotatable bonds is 7. The summed E-state index contributed by atoms with van der Waals surface area (Å²) in [5.74, 6) is -0.0829. The first kappa shape index (κ1) is 21.3. The van der Waals surface area contributed by atoms with Crippen molar-refractivity contribution in [3.8, 4) is 11.3 Å². The van der Waals surface area contributed by atoms with Crippen LogP contribution in [-0.4, -0.2) is 29.5 Å². The molecular formula is C22H30N4O2S. The highest BCUT2D eigenvalue weighted by Gasteiger charge is 2.15. The number of anilines is 1. The maximum atomic E-state index is 12.1. The second kappa shape index (κ2) is 10.4. The number of thiazole rings is 1. The van der Waals surface area contributed by atoms with Crippen molar-refractivity contribution < 1.29 is 9.59 Å². The van der Waals surface area contributed by atoms with Gasteiger partial charge in [0.1, 0.15) is 0 Å². The van der Waals surface area contributed by atoms with Gasteiger partial charge in [0.2, 0.25) is 5.91 Å². The van der Waals surface area contributed by atoms with E-state index in [2.05, 4.69) is 46.9 Å². The van der Waals surface area contributed by atoms with Crippen molar-refractivity contribution in [3.63, 3.8) is 0 Å². The Hall–Kier alpha value is -2.41. The Morgan fingerprint density at radius 3 is 2.69 bits per heavy atom. The number of urea groups is 1. The number of aromatic nitrogens is 1. The van der Waals surface area contributed by atoms with Crippen LogP contribution in [-0.2, 0) is 4.79 Å². The first-order valence-corrected chi connectivity index (χ1v) is 11.3. The summed E-state index contributed by atoms with van der Waals surface area (Å²) in [6, 6.07) is 6.41. The zero-order valence-corrected chi connectivity index (χ0v) is 18.0. The van der Waals surface area contributed by atoms with E-state index in [4.69, 9.17) is 0 Å². The monoisotopic (exact) mass is 414 g/mol. The maximum absolute atomic E-state index is 12.1. The van der Waals surface area contributed by atoms with E-state index in [9.17, 15) is 9.59 Å². The van der Waals surface area contributed by atoms with Crippen LogP contribution >= 0.6 is 11.3 Å². The predicted molar refractivity (Wildman–Crippen MR) is 118 cm³/mol. The number of hydrogen-bond acceptors (Lipinski definition) is 4. The molecule has 0 atom stereocenters. The van der Waals surface area contributed by atoms with Crippen LogP contribution < -0.4 is 16.0 Å². The molecule has 3 rings (SSSR count). The van der Waals surface area contributed by atoms with Crippen LogP contribution in [0.15, 0.2) is 23.6 Å².